The van der Waals surface area contributed by atoms with Crippen molar-refractivity contribution in [3.63, 3.8) is 0 Å². The molecule has 5 heteroatoms. The van der Waals surface area contributed by atoms with Crippen molar-refractivity contribution in [2.24, 2.45) is 0 Å². The van der Waals surface area contributed by atoms with Crippen molar-refractivity contribution in [1.82, 2.24) is 9.47 Å². The summed E-state index contributed by atoms with van der Waals surface area (Å²) in [6, 6.07) is 1.46. The second kappa shape index (κ2) is 5.03. The molecule has 0 aliphatic carbocycles. The molecule has 1 aromatic heterocycles. The quantitative estimate of drug-likeness (QED) is 0.785. The molecule has 1 atom stereocenters. The number of carbonyl (C=O) groups excluding carboxylic acids is 1. The number of carbonyl (C=O) groups is 1. The SMILES string of the molecule is CCn1cc(N)cc1C(=O)N(C)C(C)CO. The second-order valence-electron chi connectivity index (χ2n) is 3.89. The van der Waals surface area contributed by atoms with Gasteiger partial charge in [0.05, 0.1) is 18.3 Å². The van der Waals surface area contributed by atoms with E-state index >= 15 is 0 Å². The van der Waals surface area contributed by atoms with Gasteiger partial charge in [-0.3, -0.25) is 4.79 Å². The van der Waals surface area contributed by atoms with Crippen molar-refractivity contribution in [3.05, 3.63) is 18.0 Å². The van der Waals surface area contributed by atoms with E-state index < -0.39 is 0 Å². The number of rotatable bonds is 4. The average molecular weight is 225 g/mol. The summed E-state index contributed by atoms with van der Waals surface area (Å²) < 4.78 is 1.80. The molecule has 0 aliphatic heterocycles. The summed E-state index contributed by atoms with van der Waals surface area (Å²) in [7, 11) is 1.67. The zero-order valence-corrected chi connectivity index (χ0v) is 9.97. The second-order valence-corrected chi connectivity index (χ2v) is 3.89. The Morgan fingerprint density at radius 1 is 1.69 bits per heavy atom. The summed E-state index contributed by atoms with van der Waals surface area (Å²) in [4.78, 5) is 13.6. The fourth-order valence-electron chi connectivity index (χ4n) is 1.48. The van der Waals surface area contributed by atoms with Crippen LogP contribution in [0.4, 0.5) is 5.69 Å². The Labute approximate surface area is 95.5 Å². The molecule has 1 unspecified atom stereocenters. The molecule has 5 nitrogen and oxygen atoms in total. The molecule has 0 aliphatic rings. The highest BCUT2D eigenvalue weighted by molar-refractivity contribution is 5.93. The van der Waals surface area contributed by atoms with Gasteiger partial charge in [0, 0.05) is 19.8 Å². The van der Waals surface area contributed by atoms with Crippen molar-refractivity contribution < 1.29 is 9.90 Å². The van der Waals surface area contributed by atoms with Crippen molar-refractivity contribution in [2.75, 3.05) is 19.4 Å². The lowest BCUT2D eigenvalue weighted by Gasteiger charge is -2.23. The van der Waals surface area contributed by atoms with Gasteiger partial charge in [0.2, 0.25) is 0 Å². The molecule has 90 valence electrons. The third-order valence-electron chi connectivity index (χ3n) is 2.72. The molecule has 1 amide bonds. The number of aliphatic hydroxyl groups excluding tert-OH is 1. The molecule has 0 fully saturated rings. The Kier molecular flexibility index (Phi) is 3.95. The van der Waals surface area contributed by atoms with Gasteiger partial charge < -0.3 is 20.3 Å². The highest BCUT2D eigenvalue weighted by Gasteiger charge is 2.20. The van der Waals surface area contributed by atoms with Gasteiger partial charge in [-0.1, -0.05) is 0 Å². The van der Waals surface area contributed by atoms with Gasteiger partial charge in [0.25, 0.3) is 5.91 Å². The minimum Gasteiger partial charge on any atom is -0.397 e. The van der Waals surface area contributed by atoms with E-state index in [-0.39, 0.29) is 18.6 Å². The van der Waals surface area contributed by atoms with Gasteiger partial charge in [0.15, 0.2) is 0 Å². The molecule has 0 spiro atoms. The van der Waals surface area contributed by atoms with Crippen LogP contribution in [0.5, 0.6) is 0 Å². The molecule has 3 N–H and O–H groups in total. The number of amides is 1. The van der Waals surface area contributed by atoms with E-state index in [4.69, 9.17) is 10.8 Å². The number of nitrogen functional groups attached to an aromatic ring is 1. The van der Waals surface area contributed by atoms with Crippen molar-refractivity contribution in [1.29, 1.82) is 0 Å². The first kappa shape index (κ1) is 12.6. The predicted molar refractivity (Wildman–Crippen MR) is 63.2 cm³/mol. The van der Waals surface area contributed by atoms with Crippen molar-refractivity contribution >= 4 is 11.6 Å². The van der Waals surface area contributed by atoms with Gasteiger partial charge in [-0.15, -0.1) is 0 Å². The topological polar surface area (TPSA) is 71.5 Å². The predicted octanol–water partition coefficient (Wildman–Crippen LogP) is 0.543. The summed E-state index contributed by atoms with van der Waals surface area (Å²) in [5.74, 6) is -0.125. The molecule has 0 saturated carbocycles. The third kappa shape index (κ3) is 2.36. The first-order chi connectivity index (χ1) is 7.51. The highest BCUT2D eigenvalue weighted by atomic mass is 16.3. The largest absolute Gasteiger partial charge is 0.397 e. The smallest absolute Gasteiger partial charge is 0.270 e. The van der Waals surface area contributed by atoms with Gasteiger partial charge in [0.1, 0.15) is 5.69 Å². The number of hydrogen-bond donors (Lipinski definition) is 2. The van der Waals surface area contributed by atoms with Gasteiger partial charge >= 0.3 is 0 Å². The maximum Gasteiger partial charge on any atom is 0.270 e. The first-order valence-corrected chi connectivity index (χ1v) is 5.34. The number of aliphatic hydroxyl groups is 1. The molecule has 1 rings (SSSR count). The van der Waals surface area contributed by atoms with E-state index in [1.165, 1.54) is 4.90 Å². The fraction of sp³-hybridized carbons (Fsp3) is 0.545. The molecule has 0 bridgehead atoms. The Morgan fingerprint density at radius 3 is 2.81 bits per heavy atom. The number of nitrogens with zero attached hydrogens (tertiary/aromatic N) is 2. The number of aryl methyl sites for hydroxylation is 1. The lowest BCUT2D eigenvalue weighted by Crippen LogP contribution is -2.38. The van der Waals surface area contributed by atoms with E-state index in [2.05, 4.69) is 0 Å². The van der Waals surface area contributed by atoms with Crippen LogP contribution < -0.4 is 5.73 Å². The summed E-state index contributed by atoms with van der Waals surface area (Å²) in [5.41, 5.74) is 6.80. The lowest BCUT2D eigenvalue weighted by atomic mass is 10.2. The standard InChI is InChI=1S/C11H19N3O2/c1-4-14-6-9(12)5-10(14)11(16)13(3)8(2)7-15/h5-6,8,15H,4,7,12H2,1-3H3. The monoisotopic (exact) mass is 225 g/mol. The van der Waals surface area contributed by atoms with Crippen LogP contribution in [0.25, 0.3) is 0 Å². The van der Waals surface area contributed by atoms with Crippen molar-refractivity contribution in [2.45, 2.75) is 26.4 Å². The third-order valence-corrected chi connectivity index (χ3v) is 2.72. The molecular weight excluding hydrogens is 206 g/mol. The van der Waals surface area contributed by atoms with E-state index in [9.17, 15) is 4.79 Å². The van der Waals surface area contributed by atoms with Crippen LogP contribution in [-0.4, -0.2) is 40.2 Å². The number of nitrogens with two attached hydrogens (primary N) is 1. The Balaban J connectivity index is 2.95. The van der Waals surface area contributed by atoms with Crippen LogP contribution >= 0.6 is 0 Å². The normalized spacial score (nSPS) is 12.5. The molecular formula is C11H19N3O2. The number of hydrogen-bond acceptors (Lipinski definition) is 3. The number of likely N-dealkylation sites (N-methyl/N-ethyl adjacent to an activating group) is 1. The van der Waals surface area contributed by atoms with E-state index in [1.807, 2.05) is 6.92 Å². The summed E-state index contributed by atoms with van der Waals surface area (Å²) in [6.07, 6.45) is 1.74. The zero-order valence-electron chi connectivity index (χ0n) is 9.97. The Hall–Kier alpha value is -1.49. The highest BCUT2D eigenvalue weighted by Crippen LogP contribution is 2.13. The Bertz CT molecular complexity index is 373. The average Bonchev–Trinajstić information content (AvgIpc) is 2.67. The zero-order chi connectivity index (χ0) is 12.3. The number of aromatic nitrogens is 1. The minimum absolute atomic E-state index is 0.0510. The number of anilines is 1. The van der Waals surface area contributed by atoms with E-state index in [0.717, 1.165) is 0 Å². The van der Waals surface area contributed by atoms with E-state index in [1.54, 1.807) is 30.8 Å². The maximum absolute atomic E-state index is 12.1. The van der Waals surface area contributed by atoms with E-state index in [0.29, 0.717) is 17.9 Å². The fourth-order valence-corrected chi connectivity index (χ4v) is 1.48. The first-order valence-electron chi connectivity index (χ1n) is 5.34. The summed E-state index contributed by atoms with van der Waals surface area (Å²) >= 11 is 0. The van der Waals surface area contributed by atoms with Crippen LogP contribution in [0.3, 0.4) is 0 Å². The van der Waals surface area contributed by atoms with Crippen LogP contribution in [0.15, 0.2) is 12.3 Å². The summed E-state index contributed by atoms with van der Waals surface area (Å²) in [5, 5.41) is 9.01. The minimum atomic E-state index is -0.200. The van der Waals surface area contributed by atoms with Crippen molar-refractivity contribution in [3.8, 4) is 0 Å². The van der Waals surface area contributed by atoms with Crippen LogP contribution in [0.2, 0.25) is 0 Å². The maximum atomic E-state index is 12.1. The molecule has 1 heterocycles. The lowest BCUT2D eigenvalue weighted by molar-refractivity contribution is 0.0671. The summed E-state index contributed by atoms with van der Waals surface area (Å²) in [6.45, 7) is 4.39. The van der Waals surface area contributed by atoms with Gasteiger partial charge in [-0.25, -0.2) is 0 Å². The van der Waals surface area contributed by atoms with Gasteiger partial charge in [-0.2, -0.15) is 0 Å². The molecule has 16 heavy (non-hydrogen) atoms. The molecule has 0 aromatic carbocycles. The molecule has 1 aromatic rings. The molecule has 0 saturated heterocycles. The van der Waals surface area contributed by atoms with Gasteiger partial charge in [-0.05, 0) is 19.9 Å². The Morgan fingerprint density at radius 2 is 2.31 bits per heavy atom. The van der Waals surface area contributed by atoms with Crippen LogP contribution in [-0.2, 0) is 6.54 Å². The van der Waals surface area contributed by atoms with Crippen LogP contribution in [0, 0.1) is 0 Å². The molecule has 0 radical (unpaired) electrons. The van der Waals surface area contributed by atoms with Crippen LogP contribution in [0.1, 0.15) is 24.3 Å².